The molecule has 1 aromatic carbocycles. The number of carbonyl (C=O) groups is 1. The monoisotopic (exact) mass is 272 g/mol. The van der Waals surface area contributed by atoms with Crippen molar-refractivity contribution in [3.63, 3.8) is 0 Å². The van der Waals surface area contributed by atoms with E-state index in [0.717, 1.165) is 41.4 Å². The van der Waals surface area contributed by atoms with E-state index in [9.17, 15) is 4.79 Å². The van der Waals surface area contributed by atoms with Gasteiger partial charge in [0.1, 0.15) is 5.01 Å². The normalized spacial score (nSPS) is 14.3. The van der Waals surface area contributed by atoms with Crippen molar-refractivity contribution in [3.8, 4) is 0 Å². The summed E-state index contributed by atoms with van der Waals surface area (Å²) < 4.78 is 0. The number of carbonyl (C=O) groups excluding carboxylic acids is 1. The van der Waals surface area contributed by atoms with Gasteiger partial charge in [0, 0.05) is 12.2 Å². The van der Waals surface area contributed by atoms with Gasteiger partial charge in [0.05, 0.1) is 17.1 Å². The number of aryl methyl sites for hydroxylation is 2. The second-order valence-electron chi connectivity index (χ2n) is 4.83. The Morgan fingerprint density at radius 3 is 3.05 bits per heavy atom. The van der Waals surface area contributed by atoms with Crippen LogP contribution in [0.1, 0.15) is 32.4 Å². The van der Waals surface area contributed by atoms with Crippen LogP contribution in [-0.4, -0.2) is 17.8 Å². The zero-order chi connectivity index (χ0) is 13.2. The molecule has 0 spiro atoms. The lowest BCUT2D eigenvalue weighted by atomic mass is 10.0. The summed E-state index contributed by atoms with van der Waals surface area (Å²) in [7, 11) is 0. The summed E-state index contributed by atoms with van der Waals surface area (Å²) >= 11 is 1.51. The van der Waals surface area contributed by atoms with E-state index in [-0.39, 0.29) is 0 Å². The van der Waals surface area contributed by atoms with Gasteiger partial charge in [0.15, 0.2) is 6.29 Å². The molecular formula is C15H16N2OS. The Balaban J connectivity index is 1.86. The summed E-state index contributed by atoms with van der Waals surface area (Å²) in [6.07, 6.45) is 3.24. The van der Waals surface area contributed by atoms with Gasteiger partial charge in [0.2, 0.25) is 0 Å². The highest BCUT2D eigenvalue weighted by atomic mass is 32.1. The van der Waals surface area contributed by atoms with E-state index < -0.39 is 0 Å². The van der Waals surface area contributed by atoms with E-state index in [1.807, 2.05) is 6.92 Å². The zero-order valence-corrected chi connectivity index (χ0v) is 11.7. The first-order valence-electron chi connectivity index (χ1n) is 6.52. The molecule has 0 aliphatic carbocycles. The molecule has 1 aliphatic rings. The van der Waals surface area contributed by atoms with Gasteiger partial charge in [-0.1, -0.05) is 18.2 Å². The maximum absolute atomic E-state index is 10.9. The Labute approximate surface area is 116 Å². The van der Waals surface area contributed by atoms with Crippen LogP contribution in [0.5, 0.6) is 0 Å². The molecule has 0 amide bonds. The van der Waals surface area contributed by atoms with Crippen LogP contribution in [0.15, 0.2) is 24.3 Å². The number of aromatic nitrogens is 1. The van der Waals surface area contributed by atoms with Crippen LogP contribution in [-0.2, 0) is 13.0 Å². The fraction of sp³-hybridized carbons (Fsp3) is 0.333. The van der Waals surface area contributed by atoms with Gasteiger partial charge in [-0.25, -0.2) is 4.98 Å². The van der Waals surface area contributed by atoms with Crippen LogP contribution in [0, 0.1) is 6.92 Å². The van der Waals surface area contributed by atoms with Crippen molar-refractivity contribution in [3.05, 3.63) is 45.4 Å². The Morgan fingerprint density at radius 2 is 2.26 bits per heavy atom. The quantitative estimate of drug-likeness (QED) is 0.804. The molecule has 0 radical (unpaired) electrons. The topological polar surface area (TPSA) is 33.2 Å². The molecule has 0 atom stereocenters. The smallest absolute Gasteiger partial charge is 0.161 e. The summed E-state index contributed by atoms with van der Waals surface area (Å²) in [4.78, 5) is 18.5. The highest BCUT2D eigenvalue weighted by molar-refractivity contribution is 7.13. The minimum absolute atomic E-state index is 0.750. The van der Waals surface area contributed by atoms with Crippen molar-refractivity contribution in [1.29, 1.82) is 0 Å². The summed E-state index contributed by atoms with van der Waals surface area (Å²) in [5.41, 5.74) is 3.58. The predicted octanol–water partition coefficient (Wildman–Crippen LogP) is 3.22. The lowest BCUT2D eigenvalue weighted by Gasteiger charge is -2.30. The number of rotatable bonds is 3. The first-order chi connectivity index (χ1) is 9.28. The van der Waals surface area contributed by atoms with Crippen molar-refractivity contribution < 1.29 is 4.79 Å². The van der Waals surface area contributed by atoms with E-state index in [4.69, 9.17) is 0 Å². The lowest BCUT2D eigenvalue weighted by molar-refractivity contribution is 0.112. The van der Waals surface area contributed by atoms with Crippen molar-refractivity contribution >= 4 is 23.3 Å². The molecule has 19 heavy (non-hydrogen) atoms. The molecule has 2 heterocycles. The van der Waals surface area contributed by atoms with Gasteiger partial charge in [-0.15, -0.1) is 11.3 Å². The van der Waals surface area contributed by atoms with E-state index in [0.29, 0.717) is 0 Å². The number of para-hydroxylation sites is 1. The number of anilines is 1. The van der Waals surface area contributed by atoms with Crippen molar-refractivity contribution in [2.24, 2.45) is 0 Å². The summed E-state index contributed by atoms with van der Waals surface area (Å²) in [5.74, 6) is 0. The standard InChI is InChI=1S/C15H16N2OS/c1-11-14(10-18)19-15(16-11)9-17-8-4-6-12-5-2-3-7-13(12)17/h2-3,5,7,10H,4,6,8-9H2,1H3. The van der Waals surface area contributed by atoms with Crippen molar-refractivity contribution in [2.75, 3.05) is 11.4 Å². The molecule has 0 unspecified atom stereocenters. The van der Waals surface area contributed by atoms with Gasteiger partial charge >= 0.3 is 0 Å². The third kappa shape index (κ3) is 2.40. The van der Waals surface area contributed by atoms with E-state index in [1.165, 1.54) is 29.0 Å². The van der Waals surface area contributed by atoms with Crippen LogP contribution in [0.25, 0.3) is 0 Å². The fourth-order valence-electron chi connectivity index (χ4n) is 2.58. The molecule has 3 nitrogen and oxygen atoms in total. The van der Waals surface area contributed by atoms with Crippen LogP contribution < -0.4 is 4.90 Å². The second-order valence-corrected chi connectivity index (χ2v) is 5.94. The van der Waals surface area contributed by atoms with Gasteiger partial charge in [-0.3, -0.25) is 4.79 Å². The molecule has 0 saturated carbocycles. The molecule has 4 heteroatoms. The molecule has 0 bridgehead atoms. The van der Waals surface area contributed by atoms with Gasteiger partial charge < -0.3 is 4.90 Å². The first kappa shape index (κ1) is 12.4. The number of nitrogens with zero attached hydrogens (tertiary/aromatic N) is 2. The van der Waals surface area contributed by atoms with Gasteiger partial charge in [-0.05, 0) is 31.4 Å². The third-order valence-electron chi connectivity index (χ3n) is 3.52. The Bertz CT molecular complexity index is 606. The number of thiazole rings is 1. The average Bonchev–Trinajstić information content (AvgIpc) is 2.79. The molecular weight excluding hydrogens is 256 g/mol. The van der Waals surface area contributed by atoms with Gasteiger partial charge in [-0.2, -0.15) is 0 Å². The average molecular weight is 272 g/mol. The summed E-state index contributed by atoms with van der Waals surface area (Å²) in [5, 5.41) is 1.02. The summed E-state index contributed by atoms with van der Waals surface area (Å²) in [6, 6.07) is 8.56. The van der Waals surface area contributed by atoms with Crippen molar-refractivity contribution in [2.45, 2.75) is 26.3 Å². The SMILES string of the molecule is Cc1nc(CN2CCCc3ccccc32)sc1C=O. The van der Waals surface area contributed by atoms with E-state index in [2.05, 4.69) is 34.1 Å². The minimum atomic E-state index is 0.750. The minimum Gasteiger partial charge on any atom is -0.365 e. The molecule has 2 aromatic rings. The highest BCUT2D eigenvalue weighted by Gasteiger charge is 2.18. The number of aldehydes is 1. The Morgan fingerprint density at radius 1 is 1.42 bits per heavy atom. The molecule has 0 saturated heterocycles. The predicted molar refractivity (Wildman–Crippen MR) is 78.1 cm³/mol. The zero-order valence-electron chi connectivity index (χ0n) is 10.9. The second kappa shape index (κ2) is 5.13. The van der Waals surface area contributed by atoms with Crippen LogP contribution in [0.3, 0.4) is 0 Å². The maximum Gasteiger partial charge on any atom is 0.161 e. The third-order valence-corrected chi connectivity index (χ3v) is 4.58. The number of fused-ring (bicyclic) bond motifs is 1. The molecule has 3 rings (SSSR count). The molecule has 0 fully saturated rings. The molecule has 0 N–H and O–H groups in total. The van der Waals surface area contributed by atoms with Crippen LogP contribution in [0.4, 0.5) is 5.69 Å². The van der Waals surface area contributed by atoms with E-state index >= 15 is 0 Å². The maximum atomic E-state index is 10.9. The summed E-state index contributed by atoms with van der Waals surface area (Å²) in [6.45, 7) is 3.76. The first-order valence-corrected chi connectivity index (χ1v) is 7.34. The lowest BCUT2D eigenvalue weighted by Crippen LogP contribution is -2.28. The Kier molecular flexibility index (Phi) is 3.34. The van der Waals surface area contributed by atoms with E-state index in [1.54, 1.807) is 0 Å². The Hall–Kier alpha value is -1.68. The fourth-order valence-corrected chi connectivity index (χ4v) is 3.48. The highest BCUT2D eigenvalue weighted by Crippen LogP contribution is 2.29. The number of benzene rings is 1. The number of hydrogen-bond acceptors (Lipinski definition) is 4. The van der Waals surface area contributed by atoms with Crippen LogP contribution in [0.2, 0.25) is 0 Å². The van der Waals surface area contributed by atoms with Crippen molar-refractivity contribution in [1.82, 2.24) is 4.98 Å². The van der Waals surface area contributed by atoms with Gasteiger partial charge in [0.25, 0.3) is 0 Å². The number of hydrogen-bond donors (Lipinski definition) is 0. The van der Waals surface area contributed by atoms with Crippen LogP contribution >= 0.6 is 11.3 Å². The molecule has 1 aliphatic heterocycles. The molecule has 1 aromatic heterocycles. The molecule has 98 valence electrons. The largest absolute Gasteiger partial charge is 0.365 e.